The molecular weight excluding hydrogens is 1360 g/mol. The Kier molecular flexibility index (Phi) is 39.5. The van der Waals surface area contributed by atoms with E-state index >= 15 is 0 Å². The van der Waals surface area contributed by atoms with Crippen molar-refractivity contribution >= 4 is 29.8 Å². The maximum absolute atomic E-state index is 12.7. The van der Waals surface area contributed by atoms with Crippen molar-refractivity contribution in [2.24, 2.45) is 47.3 Å². The third-order valence-corrected chi connectivity index (χ3v) is 19.6. The second kappa shape index (κ2) is 48.6. The van der Waals surface area contributed by atoms with Crippen molar-refractivity contribution in [3.63, 3.8) is 0 Å². The van der Waals surface area contributed by atoms with Crippen LogP contribution in [0.1, 0.15) is 244 Å². The molecule has 5 heterocycles. The van der Waals surface area contributed by atoms with Crippen LogP contribution in [0, 0.1) is 71.1 Å². The topological polar surface area (TPSA) is 214 Å². The number of carbonyl (C=O) groups is 5. The van der Waals surface area contributed by atoms with Gasteiger partial charge < -0.3 is 33.2 Å². The molecule has 4 saturated carbocycles. The molecule has 0 spiro atoms. The Hall–Kier alpha value is -8.50. The molecule has 105 heavy (non-hydrogen) atoms. The number of ether oxygens (including phenoxy) is 7. The van der Waals surface area contributed by atoms with E-state index in [4.69, 9.17) is 28.4 Å². The van der Waals surface area contributed by atoms with Crippen molar-refractivity contribution in [3.8, 4) is 40.4 Å². The smallest absolute Gasteiger partial charge is 0.388 e. The molecule has 0 saturated heterocycles. The Morgan fingerprint density at radius 3 is 1.03 bits per heavy atom. The van der Waals surface area contributed by atoms with Crippen LogP contribution in [-0.2, 0) is 19.2 Å². The van der Waals surface area contributed by atoms with Crippen LogP contribution >= 0.6 is 0 Å². The lowest BCUT2D eigenvalue weighted by molar-refractivity contribution is -0.141. The molecule has 0 amide bonds. The number of pyridine rings is 5. The Bertz CT molecular complexity index is 3400. The molecular formula is C82H107F6N5O12. The lowest BCUT2D eigenvalue weighted by atomic mass is 9.80. The predicted octanol–water partition coefficient (Wildman–Crippen LogP) is 21.0. The maximum Gasteiger partial charge on any atom is 0.388 e. The molecule has 0 aliphatic heterocycles. The number of carbonyl (C=O) groups excluding carboxylic acids is 5. The van der Waals surface area contributed by atoms with Crippen molar-refractivity contribution in [3.05, 3.63) is 145 Å². The zero-order valence-electron chi connectivity index (χ0n) is 61.7. The summed E-state index contributed by atoms with van der Waals surface area (Å²) in [6.45, 7) is 8.68. The molecule has 17 nitrogen and oxygen atoms in total. The molecule has 6 aromatic rings. The molecule has 23 heteroatoms. The number of halogens is 6. The molecule has 0 atom stereocenters. The lowest BCUT2D eigenvalue weighted by Crippen LogP contribution is -2.25. The standard InChI is InChI=1S/C20H23F2NO4.C17H24FNO2.C16H22FNO2.C15H20FNO2.C14H18FNO2/c1-2-3-4-5-6-13-25-16-9-7-15(8-10-16)19(24)26-17-11-12-18(23-14-17)27-20(21)22;1-2-3-4-5-13-6-8-14(9-7-13)17(20)21-15-10-11-16(18)19-12-15;1-2-3-4-12-5-7-13(8-6-12)16(19)20-14-9-10-15(17)18-11-14;1-2-3-11-4-6-12(7-5-11)15(18)19-13-8-9-14(16)17-10-13;1-2-10-3-5-11(6-4-10)14(17)18-12-7-8-13(15)16-9-12/h7-12,14,20H,2-6,13H2,1H3;10-14H,2-9H2,1H3;9-13H,2-8H2,1H3;8-12H,2-7H2,1H3;7-11H,2-6H2,1H3/t;13-,14-;12-,13-;11-,12-;10-,11-. The summed E-state index contributed by atoms with van der Waals surface area (Å²) in [4.78, 5) is 77.6. The van der Waals surface area contributed by atoms with Gasteiger partial charge in [0.1, 0.15) is 34.5 Å². The van der Waals surface area contributed by atoms with E-state index in [1.54, 1.807) is 24.3 Å². The van der Waals surface area contributed by atoms with Gasteiger partial charge in [0.05, 0.1) is 66.8 Å². The Balaban J connectivity index is 0.000000207. The van der Waals surface area contributed by atoms with Crippen molar-refractivity contribution in [1.29, 1.82) is 0 Å². The average molecular weight is 1470 g/mol. The maximum atomic E-state index is 12.7. The van der Waals surface area contributed by atoms with E-state index in [0.29, 0.717) is 40.9 Å². The summed E-state index contributed by atoms with van der Waals surface area (Å²) < 4.78 is 111. The molecule has 0 N–H and O–H groups in total. The van der Waals surface area contributed by atoms with Crippen LogP contribution in [0.3, 0.4) is 0 Å². The Morgan fingerprint density at radius 1 is 0.352 bits per heavy atom. The number of nitrogens with zero attached hydrogens (tertiary/aromatic N) is 5. The molecule has 1 aromatic carbocycles. The van der Waals surface area contributed by atoms with Crippen molar-refractivity contribution in [2.75, 3.05) is 6.61 Å². The zero-order valence-corrected chi connectivity index (χ0v) is 61.7. The minimum Gasteiger partial charge on any atom is -0.494 e. The van der Waals surface area contributed by atoms with Crippen molar-refractivity contribution in [2.45, 2.75) is 240 Å². The first-order valence-corrected chi connectivity index (χ1v) is 38.0. The molecule has 0 unspecified atom stereocenters. The van der Waals surface area contributed by atoms with E-state index in [0.717, 1.165) is 145 Å². The van der Waals surface area contributed by atoms with E-state index in [-0.39, 0.29) is 59.2 Å². The third-order valence-electron chi connectivity index (χ3n) is 19.6. The minimum absolute atomic E-state index is 0.0156. The van der Waals surface area contributed by atoms with E-state index in [1.807, 2.05) is 0 Å². The Morgan fingerprint density at radius 2 is 0.686 bits per heavy atom. The van der Waals surface area contributed by atoms with Gasteiger partial charge in [-0.2, -0.15) is 26.3 Å². The van der Waals surface area contributed by atoms with Gasteiger partial charge in [-0.15, -0.1) is 0 Å². The molecule has 4 aliphatic carbocycles. The first-order valence-electron chi connectivity index (χ1n) is 38.0. The van der Waals surface area contributed by atoms with E-state index in [2.05, 4.69) is 64.3 Å². The van der Waals surface area contributed by atoms with Crippen LogP contribution in [0.15, 0.2) is 116 Å². The minimum atomic E-state index is -2.96. The number of unbranched alkanes of at least 4 members (excludes halogenated alkanes) is 7. The monoisotopic (exact) mass is 1470 g/mol. The lowest BCUT2D eigenvalue weighted by Gasteiger charge is -2.27. The van der Waals surface area contributed by atoms with Crippen LogP contribution in [0.2, 0.25) is 0 Å². The zero-order chi connectivity index (χ0) is 75.6. The number of benzene rings is 1. The van der Waals surface area contributed by atoms with E-state index < -0.39 is 36.4 Å². The van der Waals surface area contributed by atoms with Crippen LogP contribution in [0.25, 0.3) is 0 Å². The van der Waals surface area contributed by atoms with E-state index in [1.165, 1.54) is 169 Å². The SMILES string of the molecule is CCCCCCCOc1ccc(C(=O)Oc2ccc(OC(F)F)nc2)cc1.CCCCC[C@H]1CC[C@H](C(=O)Oc2ccc(F)nc2)CC1.CCCC[C@H]1CC[C@H](C(=O)Oc2ccc(F)nc2)CC1.CCC[C@H]1CC[C@H](C(=O)Oc2ccc(F)nc2)CC1.CC[C@H]1CC[C@H](C(=O)Oc2ccc(F)nc2)CC1. The third kappa shape index (κ3) is 33.7. The number of hydrogen-bond acceptors (Lipinski definition) is 17. The first kappa shape index (κ1) is 85.4. The van der Waals surface area contributed by atoms with Gasteiger partial charge in [0.25, 0.3) is 0 Å². The Labute approximate surface area is 615 Å². The number of esters is 5. The fourth-order valence-electron chi connectivity index (χ4n) is 13.3. The van der Waals surface area contributed by atoms with Gasteiger partial charge in [-0.1, -0.05) is 125 Å². The van der Waals surface area contributed by atoms with Crippen molar-refractivity contribution in [1.82, 2.24) is 24.9 Å². The van der Waals surface area contributed by atoms with Crippen LogP contribution in [-0.4, -0.2) is 68.0 Å². The summed E-state index contributed by atoms with van der Waals surface area (Å²) in [5, 5.41) is 0. The molecule has 574 valence electrons. The predicted molar refractivity (Wildman–Crippen MR) is 387 cm³/mol. The number of alkyl halides is 2. The van der Waals surface area contributed by atoms with Crippen molar-refractivity contribution < 1.29 is 83.5 Å². The van der Waals surface area contributed by atoms with Crippen LogP contribution in [0.5, 0.6) is 40.4 Å². The van der Waals surface area contributed by atoms with Gasteiger partial charge in [-0.3, -0.25) is 19.2 Å². The largest absolute Gasteiger partial charge is 0.494 e. The molecule has 0 radical (unpaired) electrons. The fourth-order valence-corrected chi connectivity index (χ4v) is 13.3. The van der Waals surface area contributed by atoms with Gasteiger partial charge >= 0.3 is 36.5 Å². The summed E-state index contributed by atoms with van der Waals surface area (Å²) in [5.41, 5.74) is 0.346. The summed E-state index contributed by atoms with van der Waals surface area (Å²) in [5.74, 6) is 1.19. The summed E-state index contributed by atoms with van der Waals surface area (Å²) >= 11 is 0. The summed E-state index contributed by atoms with van der Waals surface area (Å²) in [6.07, 6.45) is 40.6. The number of rotatable bonds is 29. The summed E-state index contributed by atoms with van der Waals surface area (Å²) in [7, 11) is 0. The van der Waals surface area contributed by atoms with E-state index in [9.17, 15) is 50.3 Å². The van der Waals surface area contributed by atoms with Gasteiger partial charge in [0.15, 0.2) is 0 Å². The highest BCUT2D eigenvalue weighted by Gasteiger charge is 2.31. The average Bonchev–Trinajstić information content (AvgIpc) is 0.908. The number of aromatic nitrogens is 5. The highest BCUT2D eigenvalue weighted by molar-refractivity contribution is 5.91. The second-order valence-corrected chi connectivity index (χ2v) is 27.5. The summed E-state index contributed by atoms with van der Waals surface area (Å²) in [6, 6.07) is 19.7. The van der Waals surface area contributed by atoms with Gasteiger partial charge in [0, 0.05) is 6.07 Å². The van der Waals surface area contributed by atoms with Gasteiger partial charge in [-0.25, -0.2) is 29.7 Å². The highest BCUT2D eigenvalue weighted by Crippen LogP contribution is 2.37. The normalized spacial score (nSPS) is 19.7. The highest BCUT2D eigenvalue weighted by atomic mass is 19.3. The van der Waals surface area contributed by atoms with Gasteiger partial charge in [0.2, 0.25) is 29.7 Å². The second-order valence-electron chi connectivity index (χ2n) is 27.5. The van der Waals surface area contributed by atoms with Gasteiger partial charge in [-0.05, 0) is 212 Å². The molecule has 0 bridgehead atoms. The fraction of sp³-hybridized carbons (Fsp3) is 0.561. The molecule has 4 aliphatic rings. The van der Waals surface area contributed by atoms with Crippen LogP contribution < -0.4 is 33.2 Å². The molecule has 10 rings (SSSR count). The number of hydrogen-bond donors (Lipinski definition) is 0. The first-order chi connectivity index (χ1) is 50.8. The molecule has 5 aromatic heterocycles. The molecule has 4 fully saturated rings. The van der Waals surface area contributed by atoms with Crippen LogP contribution in [0.4, 0.5) is 26.3 Å². The quantitative estimate of drug-likeness (QED) is 0.0185.